The summed E-state index contributed by atoms with van der Waals surface area (Å²) < 4.78 is 10.1. The van der Waals surface area contributed by atoms with Gasteiger partial charge in [0.2, 0.25) is 0 Å². The second kappa shape index (κ2) is 6.60. The van der Waals surface area contributed by atoms with Crippen LogP contribution in [0.25, 0.3) is 0 Å². The zero-order chi connectivity index (χ0) is 15.2. The molecule has 2 rings (SSSR count). The fraction of sp³-hybridized carbons (Fsp3) is 0.200. The number of carbonyl (C=O) groups is 2. The van der Waals surface area contributed by atoms with E-state index in [1.165, 1.54) is 18.6 Å². The maximum absolute atomic E-state index is 11.6. The summed E-state index contributed by atoms with van der Waals surface area (Å²) >= 11 is 0. The van der Waals surface area contributed by atoms with Gasteiger partial charge in [0.05, 0.1) is 11.8 Å². The highest BCUT2D eigenvalue weighted by molar-refractivity contribution is 5.95. The molecule has 6 heteroatoms. The van der Waals surface area contributed by atoms with Gasteiger partial charge in [-0.15, -0.1) is 0 Å². The van der Waals surface area contributed by atoms with Gasteiger partial charge >= 0.3 is 0 Å². The quantitative estimate of drug-likeness (QED) is 0.840. The molecule has 0 aliphatic carbocycles. The Labute approximate surface area is 122 Å². The summed E-state index contributed by atoms with van der Waals surface area (Å²) in [6.07, 6.45) is 2.66. The molecule has 0 saturated carbocycles. The lowest BCUT2D eigenvalue weighted by Crippen LogP contribution is -2.43. The van der Waals surface area contributed by atoms with E-state index in [0.717, 1.165) is 11.1 Å². The molecule has 0 radical (unpaired) electrons. The van der Waals surface area contributed by atoms with Crippen molar-refractivity contribution in [1.82, 2.24) is 10.9 Å². The SMILES string of the molecule is Cc1ccc(OCC(=O)NNC(=O)c2ccoc2)cc1C. The second-order valence-electron chi connectivity index (χ2n) is 4.55. The van der Waals surface area contributed by atoms with Crippen molar-refractivity contribution < 1.29 is 18.7 Å². The van der Waals surface area contributed by atoms with E-state index < -0.39 is 11.8 Å². The van der Waals surface area contributed by atoms with Crippen LogP contribution in [0.2, 0.25) is 0 Å². The van der Waals surface area contributed by atoms with Gasteiger partial charge in [0, 0.05) is 0 Å². The molecule has 1 heterocycles. The van der Waals surface area contributed by atoms with E-state index in [1.54, 1.807) is 6.07 Å². The standard InChI is InChI=1S/C15H16N2O4/c1-10-3-4-13(7-11(10)2)21-9-14(18)16-17-15(19)12-5-6-20-8-12/h3-8H,9H2,1-2H3,(H,16,18)(H,17,19). The van der Waals surface area contributed by atoms with Crippen molar-refractivity contribution in [3.05, 3.63) is 53.5 Å². The third kappa shape index (κ3) is 4.10. The Hall–Kier alpha value is -2.76. The normalized spacial score (nSPS) is 10.0. The zero-order valence-electron chi connectivity index (χ0n) is 11.8. The predicted octanol–water partition coefficient (Wildman–Crippen LogP) is 1.74. The van der Waals surface area contributed by atoms with Crippen molar-refractivity contribution in [1.29, 1.82) is 0 Å². The number of hydrogen-bond acceptors (Lipinski definition) is 4. The van der Waals surface area contributed by atoms with Crippen molar-refractivity contribution in [2.24, 2.45) is 0 Å². The van der Waals surface area contributed by atoms with Crippen LogP contribution in [-0.2, 0) is 4.79 Å². The Bertz CT molecular complexity index is 635. The summed E-state index contributed by atoms with van der Waals surface area (Å²) in [5.74, 6) is -0.303. The lowest BCUT2D eigenvalue weighted by atomic mass is 10.1. The molecule has 0 aliphatic heterocycles. The number of hydrogen-bond donors (Lipinski definition) is 2. The average Bonchev–Trinajstić information content (AvgIpc) is 3.00. The van der Waals surface area contributed by atoms with E-state index in [2.05, 4.69) is 10.9 Å². The topological polar surface area (TPSA) is 80.6 Å². The van der Waals surface area contributed by atoms with Crippen molar-refractivity contribution in [3.63, 3.8) is 0 Å². The van der Waals surface area contributed by atoms with Crippen LogP contribution in [0.15, 0.2) is 41.2 Å². The highest BCUT2D eigenvalue weighted by Crippen LogP contribution is 2.16. The lowest BCUT2D eigenvalue weighted by molar-refractivity contribution is -0.123. The minimum Gasteiger partial charge on any atom is -0.484 e. The Morgan fingerprint density at radius 2 is 1.95 bits per heavy atom. The number of amides is 2. The molecule has 2 N–H and O–H groups in total. The molecule has 0 unspecified atom stereocenters. The molecule has 21 heavy (non-hydrogen) atoms. The Morgan fingerprint density at radius 1 is 1.14 bits per heavy atom. The molecule has 2 amide bonds. The van der Waals surface area contributed by atoms with Crippen molar-refractivity contribution in [3.8, 4) is 5.75 Å². The Morgan fingerprint density at radius 3 is 2.62 bits per heavy atom. The number of rotatable bonds is 4. The molecule has 0 spiro atoms. The van der Waals surface area contributed by atoms with Crippen LogP contribution in [0.4, 0.5) is 0 Å². The molecular formula is C15H16N2O4. The fourth-order valence-corrected chi connectivity index (χ4v) is 1.58. The summed E-state index contributed by atoms with van der Waals surface area (Å²) in [6, 6.07) is 7.06. The highest BCUT2D eigenvalue weighted by atomic mass is 16.5. The van der Waals surface area contributed by atoms with E-state index in [9.17, 15) is 9.59 Å². The maximum Gasteiger partial charge on any atom is 0.276 e. The number of ether oxygens (including phenoxy) is 1. The minimum atomic E-state index is -0.455. The van der Waals surface area contributed by atoms with Crippen LogP contribution in [0, 0.1) is 13.8 Å². The molecule has 1 aromatic heterocycles. The summed E-state index contributed by atoms with van der Waals surface area (Å²) in [5, 5.41) is 0. The van der Waals surface area contributed by atoms with Gasteiger partial charge in [0.15, 0.2) is 6.61 Å². The van der Waals surface area contributed by atoms with Crippen LogP contribution >= 0.6 is 0 Å². The van der Waals surface area contributed by atoms with Crippen LogP contribution < -0.4 is 15.6 Å². The van der Waals surface area contributed by atoms with Crippen molar-refractivity contribution in [2.45, 2.75) is 13.8 Å². The molecule has 1 aromatic carbocycles. The molecule has 0 saturated heterocycles. The molecule has 110 valence electrons. The molecule has 0 aliphatic rings. The van der Waals surface area contributed by atoms with Crippen molar-refractivity contribution in [2.75, 3.05) is 6.61 Å². The van der Waals surface area contributed by atoms with E-state index in [4.69, 9.17) is 9.15 Å². The lowest BCUT2D eigenvalue weighted by Gasteiger charge is -2.09. The fourth-order valence-electron chi connectivity index (χ4n) is 1.58. The summed E-state index contributed by atoms with van der Waals surface area (Å²) in [7, 11) is 0. The monoisotopic (exact) mass is 288 g/mol. The number of furan rings is 1. The van der Waals surface area contributed by atoms with E-state index in [0.29, 0.717) is 11.3 Å². The predicted molar refractivity (Wildman–Crippen MR) is 75.7 cm³/mol. The van der Waals surface area contributed by atoms with Crippen LogP contribution in [-0.4, -0.2) is 18.4 Å². The van der Waals surface area contributed by atoms with Gasteiger partial charge in [-0.1, -0.05) is 6.07 Å². The van der Waals surface area contributed by atoms with Crippen molar-refractivity contribution >= 4 is 11.8 Å². The first kappa shape index (κ1) is 14.6. The largest absolute Gasteiger partial charge is 0.484 e. The van der Waals surface area contributed by atoms with Crippen LogP contribution in [0.5, 0.6) is 5.75 Å². The van der Waals surface area contributed by atoms with Gasteiger partial charge in [-0.05, 0) is 43.2 Å². The third-order valence-electron chi connectivity index (χ3n) is 2.95. The summed E-state index contributed by atoms with van der Waals surface area (Å²) in [4.78, 5) is 23.1. The molecular weight excluding hydrogens is 272 g/mol. The average molecular weight is 288 g/mol. The molecule has 0 fully saturated rings. The summed E-state index contributed by atoms with van der Waals surface area (Å²) in [6.45, 7) is 3.78. The molecule has 0 atom stereocenters. The first-order valence-corrected chi connectivity index (χ1v) is 6.37. The van der Waals surface area contributed by atoms with Gasteiger partial charge < -0.3 is 9.15 Å². The smallest absolute Gasteiger partial charge is 0.276 e. The number of benzene rings is 1. The van der Waals surface area contributed by atoms with E-state index in [1.807, 2.05) is 26.0 Å². The number of carbonyl (C=O) groups excluding carboxylic acids is 2. The Balaban J connectivity index is 1.77. The maximum atomic E-state index is 11.6. The molecule has 2 aromatic rings. The third-order valence-corrected chi connectivity index (χ3v) is 2.95. The van der Waals surface area contributed by atoms with Gasteiger partial charge in [-0.25, -0.2) is 0 Å². The summed E-state index contributed by atoms with van der Waals surface area (Å²) in [5.41, 5.74) is 7.09. The number of aryl methyl sites for hydroxylation is 2. The van der Waals surface area contributed by atoms with Gasteiger partial charge in [0.1, 0.15) is 12.0 Å². The molecule has 6 nitrogen and oxygen atoms in total. The van der Waals surface area contributed by atoms with Crippen LogP contribution in [0.3, 0.4) is 0 Å². The van der Waals surface area contributed by atoms with E-state index >= 15 is 0 Å². The first-order valence-electron chi connectivity index (χ1n) is 6.37. The Kier molecular flexibility index (Phi) is 4.61. The zero-order valence-corrected chi connectivity index (χ0v) is 11.8. The van der Waals surface area contributed by atoms with Gasteiger partial charge in [-0.2, -0.15) is 0 Å². The van der Waals surface area contributed by atoms with Crippen LogP contribution in [0.1, 0.15) is 21.5 Å². The second-order valence-corrected chi connectivity index (χ2v) is 4.55. The molecule has 0 bridgehead atoms. The minimum absolute atomic E-state index is 0.186. The number of nitrogens with one attached hydrogen (secondary N) is 2. The first-order chi connectivity index (χ1) is 10.1. The van der Waals surface area contributed by atoms with E-state index in [-0.39, 0.29) is 6.61 Å². The van der Waals surface area contributed by atoms with Gasteiger partial charge in [-0.3, -0.25) is 20.4 Å². The van der Waals surface area contributed by atoms with Gasteiger partial charge in [0.25, 0.3) is 11.8 Å². The highest BCUT2D eigenvalue weighted by Gasteiger charge is 2.08. The number of hydrazine groups is 1.